The average molecular weight is 858 g/mol. The van der Waals surface area contributed by atoms with Crippen LogP contribution in [0, 0.1) is 6.92 Å². The van der Waals surface area contributed by atoms with E-state index in [1.165, 1.54) is 4.90 Å². The van der Waals surface area contributed by atoms with E-state index in [2.05, 4.69) is 41.3 Å². The number of nitrogens with zero attached hydrogens (tertiary/aromatic N) is 5. The molecule has 1 unspecified atom stereocenters. The summed E-state index contributed by atoms with van der Waals surface area (Å²) in [6.45, 7) is 5.40. The lowest BCUT2D eigenvalue weighted by Gasteiger charge is -2.29. The predicted octanol–water partition coefficient (Wildman–Crippen LogP) is 6.15. The first-order chi connectivity index (χ1) is 30.7. The van der Waals surface area contributed by atoms with Crippen molar-refractivity contribution in [1.29, 1.82) is 0 Å². The minimum Gasteiger partial charge on any atom is -0.463 e. The van der Waals surface area contributed by atoms with Crippen LogP contribution in [0.5, 0.6) is 6.01 Å². The summed E-state index contributed by atoms with van der Waals surface area (Å²) in [5, 5.41) is 12.6. The molecule has 16 heteroatoms. The maximum atomic E-state index is 13.1. The number of hydrazone groups is 1. The number of ether oxygens (including phenoxy) is 2. The highest BCUT2D eigenvalue weighted by molar-refractivity contribution is 6.06. The summed E-state index contributed by atoms with van der Waals surface area (Å²) in [4.78, 5) is 75.0. The van der Waals surface area contributed by atoms with E-state index in [1.807, 2.05) is 61.5 Å². The van der Waals surface area contributed by atoms with E-state index in [9.17, 15) is 24.0 Å². The minimum atomic E-state index is -0.677. The van der Waals surface area contributed by atoms with E-state index < -0.39 is 11.9 Å². The van der Waals surface area contributed by atoms with Crippen LogP contribution in [-0.4, -0.2) is 89.6 Å². The molecule has 7 rings (SSSR count). The number of rotatable bonds is 20. The molecule has 4 heterocycles. The SMILES string of the molecule is Cc1cccc(/C=N/Nc2cc(N3CCOCC3)nc(OCCc3ccc(NC(=O)CCCCCCCCC(=O)Nc4ccc5c(c4)C(=O)N(C4CCC(=O)NC4=O)C5)cc3)n2)c1. The standard InChI is InChI=1S/C47H55N9O7/c1-32-9-8-10-34(27-32)30-48-54-40-29-41(55-22-25-62-26-23-55)52-47(51-40)63-24-21-33-13-16-36(17-14-33)49-42(57)11-6-4-2-3-5-7-12-43(58)50-37-18-15-35-31-56(46(61)38(35)28-37)39-19-20-44(59)53-45(39)60/h8-10,13-18,27-30,39H,2-7,11-12,19-26,31H2,1H3,(H,49,57)(H,50,58)(H,51,52,54)(H,53,59,60)/b48-30+. The molecule has 5 amide bonds. The molecule has 0 spiro atoms. The zero-order valence-corrected chi connectivity index (χ0v) is 35.7. The normalized spacial score (nSPS) is 16.2. The maximum Gasteiger partial charge on any atom is 0.320 e. The zero-order chi connectivity index (χ0) is 44.0. The molecule has 2 saturated heterocycles. The lowest BCUT2D eigenvalue weighted by Crippen LogP contribution is -2.52. The van der Waals surface area contributed by atoms with E-state index in [0.29, 0.717) is 69.1 Å². The number of carbonyl (C=O) groups excluding carboxylic acids is 5. The molecule has 0 bridgehead atoms. The number of aromatic nitrogens is 2. The van der Waals surface area contributed by atoms with Gasteiger partial charge in [-0.2, -0.15) is 15.1 Å². The maximum absolute atomic E-state index is 13.1. The number of amides is 5. The van der Waals surface area contributed by atoms with Crippen molar-refractivity contribution in [3.05, 3.63) is 101 Å². The number of benzene rings is 3. The molecule has 16 nitrogen and oxygen atoms in total. The Bertz CT molecular complexity index is 2300. The molecule has 1 atom stereocenters. The van der Waals surface area contributed by atoms with Gasteiger partial charge in [0, 0.05) is 68.3 Å². The van der Waals surface area contributed by atoms with Crippen molar-refractivity contribution in [2.45, 2.75) is 90.1 Å². The Morgan fingerprint density at radius 1 is 0.873 bits per heavy atom. The number of morpholine rings is 1. The smallest absolute Gasteiger partial charge is 0.320 e. The first-order valence-corrected chi connectivity index (χ1v) is 21.8. The number of unbranched alkanes of at least 4 members (excludes halogenated alkanes) is 5. The van der Waals surface area contributed by atoms with Crippen molar-refractivity contribution in [1.82, 2.24) is 20.2 Å². The van der Waals surface area contributed by atoms with E-state index in [0.717, 1.165) is 85.4 Å². The summed E-state index contributed by atoms with van der Waals surface area (Å²) in [6.07, 6.45) is 8.97. The fourth-order valence-electron chi connectivity index (χ4n) is 7.79. The van der Waals surface area contributed by atoms with Crippen LogP contribution in [0.4, 0.5) is 23.0 Å². The number of carbonyl (C=O) groups is 5. The van der Waals surface area contributed by atoms with Crippen LogP contribution in [0.15, 0.2) is 77.9 Å². The second kappa shape index (κ2) is 21.9. The number of anilines is 4. The van der Waals surface area contributed by atoms with Crippen molar-refractivity contribution in [2.24, 2.45) is 5.10 Å². The van der Waals surface area contributed by atoms with Crippen LogP contribution < -0.4 is 31.0 Å². The highest BCUT2D eigenvalue weighted by atomic mass is 16.5. The number of imide groups is 1. The number of hydrogen-bond acceptors (Lipinski definition) is 12. The lowest BCUT2D eigenvalue weighted by molar-refractivity contribution is -0.137. The molecule has 1 aromatic heterocycles. The third-order valence-electron chi connectivity index (χ3n) is 11.2. The summed E-state index contributed by atoms with van der Waals surface area (Å²) < 4.78 is 11.5. The van der Waals surface area contributed by atoms with Gasteiger partial charge in [0.1, 0.15) is 11.9 Å². The van der Waals surface area contributed by atoms with Gasteiger partial charge in [-0.1, -0.05) is 73.7 Å². The number of aryl methyl sites for hydroxylation is 1. The molecule has 330 valence electrons. The topological polar surface area (TPSA) is 197 Å². The van der Waals surface area contributed by atoms with Gasteiger partial charge in [-0.05, 0) is 67.1 Å². The van der Waals surface area contributed by atoms with Gasteiger partial charge in [-0.3, -0.25) is 34.7 Å². The quantitative estimate of drug-likeness (QED) is 0.0345. The summed E-state index contributed by atoms with van der Waals surface area (Å²) >= 11 is 0. The first-order valence-electron chi connectivity index (χ1n) is 21.8. The summed E-state index contributed by atoms with van der Waals surface area (Å²) in [6, 6.07) is 22.5. The van der Waals surface area contributed by atoms with E-state index in [4.69, 9.17) is 9.47 Å². The first kappa shape index (κ1) is 44.4. The Labute approximate surface area is 367 Å². The minimum absolute atomic E-state index is 0.0235. The van der Waals surface area contributed by atoms with Crippen molar-refractivity contribution < 1.29 is 33.4 Å². The Balaban J connectivity index is 0.756. The summed E-state index contributed by atoms with van der Waals surface area (Å²) in [5.74, 6) is 0.0777. The molecule has 0 saturated carbocycles. The van der Waals surface area contributed by atoms with E-state index >= 15 is 0 Å². The molecule has 4 aromatic rings. The van der Waals surface area contributed by atoms with Crippen LogP contribution in [0.3, 0.4) is 0 Å². The van der Waals surface area contributed by atoms with Crippen molar-refractivity contribution >= 4 is 58.8 Å². The van der Waals surface area contributed by atoms with E-state index in [1.54, 1.807) is 24.4 Å². The molecule has 4 N–H and O–H groups in total. The van der Waals surface area contributed by atoms with Crippen molar-refractivity contribution in [3.8, 4) is 6.01 Å². The van der Waals surface area contributed by atoms with Gasteiger partial charge in [-0.15, -0.1) is 0 Å². The van der Waals surface area contributed by atoms with Crippen molar-refractivity contribution in [2.75, 3.05) is 53.9 Å². The van der Waals surface area contributed by atoms with Crippen molar-refractivity contribution in [3.63, 3.8) is 0 Å². The molecular formula is C47H55N9O7. The molecule has 3 aliphatic heterocycles. The molecule has 0 radical (unpaired) electrons. The average Bonchev–Trinajstić information content (AvgIpc) is 3.60. The third-order valence-corrected chi connectivity index (χ3v) is 11.2. The molecule has 3 aromatic carbocycles. The number of nitrogens with one attached hydrogen (secondary N) is 4. The largest absolute Gasteiger partial charge is 0.463 e. The Morgan fingerprint density at radius 2 is 1.59 bits per heavy atom. The van der Waals surface area contributed by atoms with Gasteiger partial charge in [0.2, 0.25) is 23.6 Å². The van der Waals surface area contributed by atoms with E-state index in [-0.39, 0.29) is 36.1 Å². The zero-order valence-electron chi connectivity index (χ0n) is 35.7. The number of hydrogen-bond donors (Lipinski definition) is 4. The van der Waals surface area contributed by atoms with Gasteiger partial charge in [-0.25, -0.2) is 0 Å². The van der Waals surface area contributed by atoms with Gasteiger partial charge in [0.25, 0.3) is 5.91 Å². The predicted molar refractivity (Wildman–Crippen MR) is 240 cm³/mol. The van der Waals surface area contributed by atoms with Crippen LogP contribution in [0.1, 0.15) is 96.8 Å². The third kappa shape index (κ3) is 12.9. The molecule has 63 heavy (non-hydrogen) atoms. The van der Waals surface area contributed by atoms with Gasteiger partial charge < -0.3 is 29.9 Å². The Hall–Kier alpha value is -6.68. The van der Waals surface area contributed by atoms with Gasteiger partial charge in [0.05, 0.1) is 26.0 Å². The molecule has 3 aliphatic rings. The number of fused-ring (bicyclic) bond motifs is 1. The van der Waals surface area contributed by atoms with Crippen LogP contribution in [0.2, 0.25) is 0 Å². The molecular weight excluding hydrogens is 803 g/mol. The second-order valence-corrected chi connectivity index (χ2v) is 16.1. The van der Waals surface area contributed by atoms with Gasteiger partial charge in [0.15, 0.2) is 5.82 Å². The number of piperidine rings is 1. The molecule has 0 aliphatic carbocycles. The Morgan fingerprint density at radius 3 is 2.32 bits per heavy atom. The van der Waals surface area contributed by atoms with Crippen LogP contribution >= 0.6 is 0 Å². The second-order valence-electron chi connectivity index (χ2n) is 16.1. The molecule has 2 fully saturated rings. The fourth-order valence-corrected chi connectivity index (χ4v) is 7.79. The lowest BCUT2D eigenvalue weighted by atomic mass is 10.0. The highest BCUT2D eigenvalue weighted by Gasteiger charge is 2.39. The highest BCUT2D eigenvalue weighted by Crippen LogP contribution is 2.30. The summed E-state index contributed by atoms with van der Waals surface area (Å²) in [7, 11) is 0. The monoisotopic (exact) mass is 857 g/mol. The van der Waals surface area contributed by atoms with Gasteiger partial charge >= 0.3 is 6.01 Å². The summed E-state index contributed by atoms with van der Waals surface area (Å²) in [5.41, 5.74) is 8.75. The van der Waals surface area contributed by atoms with Crippen LogP contribution in [0.25, 0.3) is 0 Å². The fraction of sp³-hybridized carbons (Fsp3) is 0.404. The Kier molecular flexibility index (Phi) is 15.4. The van der Waals surface area contributed by atoms with Crippen LogP contribution in [-0.2, 0) is 36.9 Å².